The smallest absolute Gasteiger partial charge is 0.387 e. The predicted octanol–water partition coefficient (Wildman–Crippen LogP) is 3.03. The van der Waals surface area contributed by atoms with Crippen LogP contribution in [0, 0.1) is 5.82 Å². The Balaban J connectivity index is 2.84. The molecule has 0 radical (unpaired) electrons. The van der Waals surface area contributed by atoms with E-state index in [0.29, 0.717) is 12.1 Å². The zero-order valence-corrected chi connectivity index (χ0v) is 7.09. The monoisotopic (exact) mass is 228 g/mol. The van der Waals surface area contributed by atoms with E-state index < -0.39 is 30.5 Å². The van der Waals surface area contributed by atoms with Crippen LogP contribution in [0.25, 0.3) is 0 Å². The maximum atomic E-state index is 12.7. The van der Waals surface area contributed by atoms with Gasteiger partial charge in [0, 0.05) is 18.2 Å². The molecule has 0 aliphatic heterocycles. The third-order valence-electron chi connectivity index (χ3n) is 1.30. The first-order valence-corrected chi connectivity index (χ1v) is 3.67. The molecule has 0 N–H and O–H groups in total. The first-order valence-electron chi connectivity index (χ1n) is 3.67. The van der Waals surface area contributed by atoms with E-state index in [1.54, 1.807) is 0 Å². The van der Waals surface area contributed by atoms with Gasteiger partial charge in [-0.2, -0.15) is 17.6 Å². The van der Waals surface area contributed by atoms with Crippen LogP contribution >= 0.6 is 0 Å². The van der Waals surface area contributed by atoms with E-state index in [-0.39, 0.29) is 0 Å². The Kier molecular flexibility index (Phi) is 3.70. The number of ether oxygens (including phenoxy) is 2. The van der Waals surface area contributed by atoms with Gasteiger partial charge in [0.05, 0.1) is 0 Å². The number of hydrogen-bond acceptors (Lipinski definition) is 2. The maximum Gasteiger partial charge on any atom is 0.387 e. The van der Waals surface area contributed by atoms with E-state index >= 15 is 0 Å². The van der Waals surface area contributed by atoms with Crippen molar-refractivity contribution < 1.29 is 31.4 Å². The lowest BCUT2D eigenvalue weighted by molar-refractivity contribution is -0.0545. The molecule has 0 aliphatic rings. The van der Waals surface area contributed by atoms with Gasteiger partial charge in [0.25, 0.3) is 0 Å². The van der Waals surface area contributed by atoms with Gasteiger partial charge in [0.1, 0.15) is 17.3 Å². The van der Waals surface area contributed by atoms with Crippen LogP contribution < -0.4 is 9.47 Å². The third kappa shape index (κ3) is 4.01. The van der Waals surface area contributed by atoms with Gasteiger partial charge in [-0.25, -0.2) is 4.39 Å². The van der Waals surface area contributed by atoms with Gasteiger partial charge in [-0.15, -0.1) is 0 Å². The summed E-state index contributed by atoms with van der Waals surface area (Å²) in [5, 5.41) is 0. The second kappa shape index (κ2) is 4.81. The van der Waals surface area contributed by atoms with Crippen molar-refractivity contribution in [3.05, 3.63) is 24.0 Å². The molecule has 2 nitrogen and oxygen atoms in total. The van der Waals surface area contributed by atoms with Crippen molar-refractivity contribution >= 4 is 0 Å². The second-order valence-corrected chi connectivity index (χ2v) is 2.38. The van der Waals surface area contributed by atoms with E-state index in [0.717, 1.165) is 6.07 Å². The minimum Gasteiger partial charge on any atom is -0.435 e. The highest BCUT2D eigenvalue weighted by Gasteiger charge is 2.10. The summed E-state index contributed by atoms with van der Waals surface area (Å²) in [6.45, 7) is -6.32. The SMILES string of the molecule is Fc1cc(OC(F)F)cc(OC(F)F)c1. The molecule has 0 amide bonds. The van der Waals surface area contributed by atoms with Gasteiger partial charge >= 0.3 is 13.2 Å². The van der Waals surface area contributed by atoms with Crippen LogP contribution in [-0.2, 0) is 0 Å². The average Bonchev–Trinajstić information content (AvgIpc) is 1.98. The predicted molar refractivity (Wildman–Crippen MR) is 39.7 cm³/mol. The minimum atomic E-state index is -3.16. The van der Waals surface area contributed by atoms with E-state index in [1.165, 1.54) is 0 Å². The molecule has 84 valence electrons. The Hall–Kier alpha value is -1.53. The molecule has 15 heavy (non-hydrogen) atoms. The van der Waals surface area contributed by atoms with Crippen molar-refractivity contribution in [3.8, 4) is 11.5 Å². The lowest BCUT2D eigenvalue weighted by Gasteiger charge is -2.08. The van der Waals surface area contributed by atoms with Gasteiger partial charge in [0.15, 0.2) is 0 Å². The van der Waals surface area contributed by atoms with Crippen LogP contribution in [0.4, 0.5) is 22.0 Å². The average molecular weight is 228 g/mol. The molecule has 0 saturated heterocycles. The highest BCUT2D eigenvalue weighted by Crippen LogP contribution is 2.24. The Morgan fingerprint density at radius 1 is 0.800 bits per heavy atom. The van der Waals surface area contributed by atoms with Gasteiger partial charge in [-0.05, 0) is 0 Å². The molecule has 0 heterocycles. The summed E-state index contributed by atoms with van der Waals surface area (Å²) < 4.78 is 67.2. The molecule has 0 atom stereocenters. The maximum absolute atomic E-state index is 12.7. The van der Waals surface area contributed by atoms with Crippen LogP contribution in [-0.4, -0.2) is 13.2 Å². The Bertz CT molecular complexity index is 301. The Morgan fingerprint density at radius 2 is 1.20 bits per heavy atom. The first kappa shape index (κ1) is 11.5. The molecule has 0 bridgehead atoms. The zero-order chi connectivity index (χ0) is 11.4. The second-order valence-electron chi connectivity index (χ2n) is 2.38. The highest BCUT2D eigenvalue weighted by atomic mass is 19.3. The van der Waals surface area contributed by atoms with Crippen molar-refractivity contribution in [1.29, 1.82) is 0 Å². The fourth-order valence-corrected chi connectivity index (χ4v) is 0.879. The molecule has 1 rings (SSSR count). The number of alkyl halides is 4. The summed E-state index contributed by atoms with van der Waals surface area (Å²) in [6, 6.07) is 2.00. The van der Waals surface area contributed by atoms with Crippen molar-refractivity contribution in [3.63, 3.8) is 0 Å². The quantitative estimate of drug-likeness (QED) is 0.737. The van der Waals surface area contributed by atoms with Crippen LogP contribution in [0.2, 0.25) is 0 Å². The third-order valence-corrected chi connectivity index (χ3v) is 1.30. The number of halogens is 5. The Morgan fingerprint density at radius 3 is 1.53 bits per heavy atom. The Labute approximate surface area is 81.2 Å². The minimum absolute atomic E-state index is 0.583. The fraction of sp³-hybridized carbons (Fsp3) is 0.250. The number of benzene rings is 1. The molecule has 1 aromatic rings. The lowest BCUT2D eigenvalue weighted by Crippen LogP contribution is -2.05. The van der Waals surface area contributed by atoms with Crippen LogP contribution in [0.15, 0.2) is 18.2 Å². The van der Waals surface area contributed by atoms with Crippen LogP contribution in [0.1, 0.15) is 0 Å². The van der Waals surface area contributed by atoms with Gasteiger partial charge in [0.2, 0.25) is 0 Å². The summed E-state index contributed by atoms with van der Waals surface area (Å²) in [4.78, 5) is 0. The summed E-state index contributed by atoms with van der Waals surface area (Å²) in [7, 11) is 0. The molecule has 7 heteroatoms. The van der Waals surface area contributed by atoms with Crippen molar-refractivity contribution in [1.82, 2.24) is 0 Å². The lowest BCUT2D eigenvalue weighted by atomic mass is 10.3. The number of rotatable bonds is 4. The van der Waals surface area contributed by atoms with Crippen LogP contribution in [0.3, 0.4) is 0 Å². The molecule has 0 aromatic heterocycles. The topological polar surface area (TPSA) is 18.5 Å². The molecule has 0 spiro atoms. The zero-order valence-electron chi connectivity index (χ0n) is 7.09. The van der Waals surface area contributed by atoms with E-state index in [4.69, 9.17) is 0 Å². The van der Waals surface area contributed by atoms with Crippen molar-refractivity contribution in [2.24, 2.45) is 0 Å². The van der Waals surface area contributed by atoms with Crippen LogP contribution in [0.5, 0.6) is 11.5 Å². The summed E-state index contributed by atoms with van der Waals surface area (Å²) >= 11 is 0. The van der Waals surface area contributed by atoms with Gasteiger partial charge in [-0.3, -0.25) is 0 Å². The number of hydrogen-bond donors (Lipinski definition) is 0. The first-order chi connectivity index (χ1) is 6.97. The summed E-state index contributed by atoms with van der Waals surface area (Å²) in [5.74, 6) is -2.18. The summed E-state index contributed by atoms with van der Waals surface area (Å²) in [5.41, 5.74) is 0. The molecule has 0 aliphatic carbocycles. The normalized spacial score (nSPS) is 10.9. The molecular weight excluding hydrogens is 223 g/mol. The van der Waals surface area contributed by atoms with Gasteiger partial charge < -0.3 is 9.47 Å². The van der Waals surface area contributed by atoms with E-state index in [1.807, 2.05) is 0 Å². The van der Waals surface area contributed by atoms with Crippen molar-refractivity contribution in [2.45, 2.75) is 13.2 Å². The highest BCUT2D eigenvalue weighted by molar-refractivity contribution is 5.34. The van der Waals surface area contributed by atoms with Crippen molar-refractivity contribution in [2.75, 3.05) is 0 Å². The molecule has 1 aromatic carbocycles. The van der Waals surface area contributed by atoms with E-state index in [9.17, 15) is 22.0 Å². The molecular formula is C8H5F5O2. The largest absolute Gasteiger partial charge is 0.435 e. The van der Waals surface area contributed by atoms with Gasteiger partial charge in [-0.1, -0.05) is 0 Å². The molecule has 0 fully saturated rings. The van der Waals surface area contributed by atoms with E-state index in [2.05, 4.69) is 9.47 Å². The molecule has 0 unspecified atom stereocenters. The standard InChI is InChI=1S/C8H5F5O2/c9-4-1-5(14-7(10)11)3-6(2-4)15-8(12)13/h1-3,7-8H. The summed E-state index contributed by atoms with van der Waals surface area (Å²) in [6.07, 6.45) is 0. The molecule has 0 saturated carbocycles. The fourth-order valence-electron chi connectivity index (χ4n) is 0.879.